The topological polar surface area (TPSA) is 17.1 Å². The summed E-state index contributed by atoms with van der Waals surface area (Å²) in [6, 6.07) is 25.9. The molecule has 0 N–H and O–H groups in total. The third kappa shape index (κ3) is 3.46. The van der Waals surface area contributed by atoms with E-state index in [1.54, 1.807) is 6.08 Å². The van der Waals surface area contributed by atoms with Crippen LogP contribution in [0.25, 0.3) is 17.2 Å². The van der Waals surface area contributed by atoms with E-state index in [-0.39, 0.29) is 5.78 Å². The van der Waals surface area contributed by atoms with Crippen molar-refractivity contribution in [2.24, 2.45) is 0 Å². The number of carbonyl (C=O) groups excluding carboxylic acids is 1. The summed E-state index contributed by atoms with van der Waals surface area (Å²) in [4.78, 5) is 12.5. The lowest BCUT2D eigenvalue weighted by Crippen LogP contribution is -1.99. The second-order valence-corrected chi connectivity index (χ2v) is 5.45. The Bertz CT molecular complexity index is 830. The third-order valence-electron chi connectivity index (χ3n) is 3.91. The van der Waals surface area contributed by atoms with Crippen molar-refractivity contribution in [2.75, 3.05) is 0 Å². The van der Waals surface area contributed by atoms with Gasteiger partial charge in [0.05, 0.1) is 0 Å². The molecule has 3 aromatic carbocycles. The number of carbonyl (C=O) groups is 1. The number of hydrogen-bond acceptors (Lipinski definition) is 1. The second-order valence-electron chi connectivity index (χ2n) is 5.45. The molecule has 0 spiro atoms. The molecule has 0 heterocycles. The first-order chi connectivity index (χ1) is 11.3. The Balaban J connectivity index is 1.92. The van der Waals surface area contributed by atoms with Crippen molar-refractivity contribution in [3.8, 4) is 11.1 Å². The largest absolute Gasteiger partial charge is 0.289 e. The smallest absolute Gasteiger partial charge is 0.186 e. The molecule has 3 rings (SSSR count). The molecule has 3 aromatic rings. The van der Waals surface area contributed by atoms with Crippen LogP contribution in [-0.2, 0) is 0 Å². The first-order valence-electron chi connectivity index (χ1n) is 7.68. The van der Waals surface area contributed by atoms with Crippen molar-refractivity contribution >= 4 is 11.9 Å². The molecule has 23 heavy (non-hydrogen) atoms. The highest BCUT2D eigenvalue weighted by Gasteiger charge is 2.10. The fraction of sp³-hybridized carbons (Fsp3) is 0.0455. The highest BCUT2D eigenvalue weighted by atomic mass is 16.1. The van der Waals surface area contributed by atoms with Crippen LogP contribution in [0.3, 0.4) is 0 Å². The molecule has 0 atom stereocenters. The molecule has 0 radical (unpaired) electrons. The van der Waals surface area contributed by atoms with Crippen molar-refractivity contribution in [1.29, 1.82) is 0 Å². The number of benzene rings is 3. The Morgan fingerprint density at radius 3 is 2.13 bits per heavy atom. The molecule has 0 saturated heterocycles. The highest BCUT2D eigenvalue weighted by molar-refractivity contribution is 6.08. The van der Waals surface area contributed by atoms with E-state index in [1.807, 2.05) is 73.7 Å². The van der Waals surface area contributed by atoms with Crippen molar-refractivity contribution in [3.63, 3.8) is 0 Å². The summed E-state index contributed by atoms with van der Waals surface area (Å²) in [7, 11) is 0. The van der Waals surface area contributed by atoms with Crippen LogP contribution in [0.2, 0.25) is 0 Å². The van der Waals surface area contributed by atoms with Crippen LogP contribution < -0.4 is 0 Å². The summed E-state index contributed by atoms with van der Waals surface area (Å²) >= 11 is 0. The monoisotopic (exact) mass is 298 g/mol. The molecule has 0 aromatic heterocycles. The van der Waals surface area contributed by atoms with Gasteiger partial charge in [0.15, 0.2) is 5.78 Å². The third-order valence-corrected chi connectivity index (χ3v) is 3.91. The number of rotatable bonds is 4. The van der Waals surface area contributed by atoms with E-state index >= 15 is 0 Å². The maximum absolute atomic E-state index is 12.5. The molecule has 0 aliphatic rings. The van der Waals surface area contributed by atoms with Gasteiger partial charge in [0, 0.05) is 5.56 Å². The predicted octanol–water partition coefficient (Wildman–Crippen LogP) is 5.56. The summed E-state index contributed by atoms with van der Waals surface area (Å²) in [5, 5.41) is 0. The molecule has 0 saturated carbocycles. The molecular weight excluding hydrogens is 280 g/mol. The van der Waals surface area contributed by atoms with E-state index < -0.39 is 0 Å². The molecule has 112 valence electrons. The average molecular weight is 298 g/mol. The zero-order valence-corrected chi connectivity index (χ0v) is 13.1. The first kappa shape index (κ1) is 15.0. The van der Waals surface area contributed by atoms with Gasteiger partial charge in [-0.1, -0.05) is 84.9 Å². The van der Waals surface area contributed by atoms with Gasteiger partial charge in [-0.15, -0.1) is 0 Å². The Kier molecular flexibility index (Phi) is 4.49. The van der Waals surface area contributed by atoms with Crippen molar-refractivity contribution in [2.45, 2.75) is 6.92 Å². The summed E-state index contributed by atoms with van der Waals surface area (Å²) in [6.07, 6.45) is 3.50. The molecule has 1 heteroatoms. The van der Waals surface area contributed by atoms with Gasteiger partial charge in [0.1, 0.15) is 0 Å². The number of hydrogen-bond donors (Lipinski definition) is 0. The summed E-state index contributed by atoms with van der Waals surface area (Å²) in [5.41, 5.74) is 5.02. The van der Waals surface area contributed by atoms with E-state index in [4.69, 9.17) is 0 Å². The fourth-order valence-electron chi connectivity index (χ4n) is 2.66. The highest BCUT2D eigenvalue weighted by Crippen LogP contribution is 2.26. The predicted molar refractivity (Wildman–Crippen MR) is 96.4 cm³/mol. The lowest BCUT2D eigenvalue weighted by atomic mass is 9.94. The SMILES string of the molecule is Cc1c(C(=O)/C=C/c2ccccc2)cccc1-c1ccccc1. The van der Waals surface area contributed by atoms with E-state index in [2.05, 4.69) is 18.2 Å². The van der Waals surface area contributed by atoms with Crippen LogP contribution in [0.4, 0.5) is 0 Å². The molecule has 0 unspecified atom stereocenters. The quantitative estimate of drug-likeness (QED) is 0.455. The standard InChI is InChI=1S/C22H18O/c1-17-20(19-11-6-3-7-12-19)13-8-14-21(17)22(23)16-15-18-9-4-2-5-10-18/h2-16H,1H3/b16-15+. The molecule has 0 amide bonds. The normalized spacial score (nSPS) is 10.8. The minimum atomic E-state index is 0.0316. The van der Waals surface area contributed by atoms with Crippen molar-refractivity contribution < 1.29 is 4.79 Å². The van der Waals surface area contributed by atoms with Gasteiger partial charge in [-0.25, -0.2) is 0 Å². The number of allylic oxidation sites excluding steroid dienone is 1. The van der Waals surface area contributed by atoms with Crippen LogP contribution >= 0.6 is 0 Å². The molecular formula is C22H18O. The molecule has 1 nitrogen and oxygen atoms in total. The van der Waals surface area contributed by atoms with E-state index in [9.17, 15) is 4.79 Å². The lowest BCUT2D eigenvalue weighted by Gasteiger charge is -2.09. The molecule has 0 fully saturated rings. The zero-order valence-electron chi connectivity index (χ0n) is 13.1. The Labute approximate surface area is 136 Å². The zero-order chi connectivity index (χ0) is 16.1. The van der Waals surface area contributed by atoms with Gasteiger partial charge in [-0.2, -0.15) is 0 Å². The summed E-state index contributed by atoms with van der Waals surface area (Å²) < 4.78 is 0. The maximum Gasteiger partial charge on any atom is 0.186 e. The van der Waals surface area contributed by atoms with Crippen molar-refractivity contribution in [3.05, 3.63) is 102 Å². The minimum Gasteiger partial charge on any atom is -0.289 e. The van der Waals surface area contributed by atoms with Gasteiger partial charge >= 0.3 is 0 Å². The van der Waals surface area contributed by atoms with Crippen LogP contribution in [0.5, 0.6) is 0 Å². The van der Waals surface area contributed by atoms with Gasteiger partial charge in [0.25, 0.3) is 0 Å². The lowest BCUT2D eigenvalue weighted by molar-refractivity contribution is 0.104. The second kappa shape index (κ2) is 6.89. The van der Waals surface area contributed by atoms with Crippen LogP contribution in [0.15, 0.2) is 84.9 Å². The van der Waals surface area contributed by atoms with E-state index in [1.165, 1.54) is 0 Å². The van der Waals surface area contributed by atoms with Gasteiger partial charge in [-0.05, 0) is 35.3 Å². The van der Waals surface area contributed by atoms with Gasteiger partial charge in [0.2, 0.25) is 0 Å². The van der Waals surface area contributed by atoms with Gasteiger partial charge < -0.3 is 0 Å². The van der Waals surface area contributed by atoms with Gasteiger partial charge in [-0.3, -0.25) is 4.79 Å². The van der Waals surface area contributed by atoms with Crippen LogP contribution in [-0.4, -0.2) is 5.78 Å². The number of ketones is 1. The molecule has 0 bridgehead atoms. The van der Waals surface area contributed by atoms with E-state index in [0.29, 0.717) is 0 Å². The Morgan fingerprint density at radius 1 is 0.783 bits per heavy atom. The molecule has 0 aliphatic carbocycles. The maximum atomic E-state index is 12.5. The fourth-order valence-corrected chi connectivity index (χ4v) is 2.66. The Morgan fingerprint density at radius 2 is 1.43 bits per heavy atom. The molecule has 0 aliphatic heterocycles. The summed E-state index contributed by atoms with van der Waals surface area (Å²) in [5.74, 6) is 0.0316. The first-order valence-corrected chi connectivity index (χ1v) is 7.68. The average Bonchev–Trinajstić information content (AvgIpc) is 2.61. The van der Waals surface area contributed by atoms with Crippen LogP contribution in [0.1, 0.15) is 21.5 Å². The van der Waals surface area contributed by atoms with Crippen molar-refractivity contribution in [1.82, 2.24) is 0 Å². The van der Waals surface area contributed by atoms with E-state index in [0.717, 1.165) is 27.8 Å². The summed E-state index contributed by atoms with van der Waals surface area (Å²) in [6.45, 7) is 2.01. The van der Waals surface area contributed by atoms with Crippen LogP contribution in [0, 0.1) is 6.92 Å². The Hall–Kier alpha value is -2.93. The minimum absolute atomic E-state index is 0.0316.